The lowest BCUT2D eigenvalue weighted by Gasteiger charge is -2.34. The third-order valence-electron chi connectivity index (χ3n) is 4.95. The molecular formula is C19H19BrN4O3. The second-order valence-electron chi connectivity index (χ2n) is 7.01. The summed E-state index contributed by atoms with van der Waals surface area (Å²) in [5, 5.41) is 19.6. The van der Waals surface area contributed by atoms with Gasteiger partial charge in [-0.25, -0.2) is 4.98 Å². The summed E-state index contributed by atoms with van der Waals surface area (Å²) >= 11 is 3.29. The van der Waals surface area contributed by atoms with Gasteiger partial charge < -0.3 is 19.3 Å². The molecule has 1 aromatic heterocycles. The zero-order valence-corrected chi connectivity index (χ0v) is 16.5. The molecule has 1 aliphatic heterocycles. The Kier molecular flexibility index (Phi) is 4.56. The fourth-order valence-electron chi connectivity index (χ4n) is 3.30. The van der Waals surface area contributed by atoms with E-state index in [0.29, 0.717) is 59.6 Å². The zero-order chi connectivity index (χ0) is 19.1. The van der Waals surface area contributed by atoms with Crippen LogP contribution in [0.3, 0.4) is 0 Å². The van der Waals surface area contributed by atoms with E-state index in [0.717, 1.165) is 18.4 Å². The number of carbonyl (C=O) groups excluding carboxylic acids is 1. The minimum Gasteiger partial charge on any atom is -0.506 e. The van der Waals surface area contributed by atoms with E-state index in [1.807, 2.05) is 11.8 Å². The summed E-state index contributed by atoms with van der Waals surface area (Å²) in [7, 11) is 0. The van der Waals surface area contributed by atoms with Gasteiger partial charge in [0.25, 0.3) is 5.91 Å². The first-order valence-electron chi connectivity index (χ1n) is 8.92. The van der Waals surface area contributed by atoms with E-state index in [1.165, 1.54) is 0 Å². The van der Waals surface area contributed by atoms with Crippen LogP contribution in [-0.2, 0) is 0 Å². The van der Waals surface area contributed by atoms with Crippen molar-refractivity contribution in [3.05, 3.63) is 39.3 Å². The number of aromatic nitrogens is 1. The molecule has 140 valence electrons. The molecule has 0 spiro atoms. The lowest BCUT2D eigenvalue weighted by Crippen LogP contribution is -2.49. The molecule has 1 N–H and O–H groups in total. The highest BCUT2D eigenvalue weighted by atomic mass is 79.9. The summed E-state index contributed by atoms with van der Waals surface area (Å²) < 4.78 is 6.35. The number of nitrogens with zero attached hydrogens (tertiary/aromatic N) is 4. The molecule has 2 aromatic rings. The Bertz CT molecular complexity index is 937. The maximum absolute atomic E-state index is 12.8. The Morgan fingerprint density at radius 1 is 1.33 bits per heavy atom. The van der Waals surface area contributed by atoms with E-state index in [2.05, 4.69) is 27.0 Å². The standard InChI is InChI=1S/C19H19BrN4O3/c1-11-8-13(16(25)14(20)9-11)18(26)23-4-6-24(7-5-23)19-15(10-21)22-17(27-19)12-2-3-12/h8-9,12,25H,2-7H2,1H3. The SMILES string of the molecule is Cc1cc(Br)c(O)c(C(=O)N2CCN(c3oc(C4CC4)nc3C#N)CC2)c1. The van der Waals surface area contributed by atoms with Gasteiger partial charge >= 0.3 is 0 Å². The third-order valence-corrected chi connectivity index (χ3v) is 5.56. The molecule has 1 saturated heterocycles. The van der Waals surface area contributed by atoms with Crippen LogP contribution in [0.25, 0.3) is 0 Å². The monoisotopic (exact) mass is 430 g/mol. The van der Waals surface area contributed by atoms with Crippen LogP contribution in [0.15, 0.2) is 21.0 Å². The van der Waals surface area contributed by atoms with Gasteiger partial charge in [-0.15, -0.1) is 0 Å². The van der Waals surface area contributed by atoms with Crippen LogP contribution in [0.4, 0.5) is 5.88 Å². The number of amides is 1. The van der Waals surface area contributed by atoms with E-state index >= 15 is 0 Å². The number of halogens is 1. The summed E-state index contributed by atoms with van der Waals surface area (Å²) in [6.07, 6.45) is 2.12. The highest BCUT2D eigenvalue weighted by Gasteiger charge is 2.33. The van der Waals surface area contributed by atoms with Crippen molar-refractivity contribution in [1.29, 1.82) is 5.26 Å². The smallest absolute Gasteiger partial charge is 0.257 e. The number of anilines is 1. The topological polar surface area (TPSA) is 93.6 Å². The molecule has 27 heavy (non-hydrogen) atoms. The number of phenolic OH excluding ortho intramolecular Hbond substituents is 1. The molecule has 0 radical (unpaired) electrons. The number of hydrogen-bond donors (Lipinski definition) is 1. The minimum absolute atomic E-state index is 0.0379. The average Bonchev–Trinajstić information content (AvgIpc) is 3.43. The van der Waals surface area contributed by atoms with Gasteiger partial charge in [0.2, 0.25) is 17.5 Å². The first-order valence-corrected chi connectivity index (χ1v) is 9.71. The largest absolute Gasteiger partial charge is 0.506 e. The Morgan fingerprint density at radius 3 is 2.67 bits per heavy atom. The highest BCUT2D eigenvalue weighted by molar-refractivity contribution is 9.10. The van der Waals surface area contributed by atoms with Crippen molar-refractivity contribution in [2.24, 2.45) is 0 Å². The predicted molar refractivity (Wildman–Crippen MR) is 102 cm³/mol. The van der Waals surface area contributed by atoms with Crippen LogP contribution < -0.4 is 4.90 Å². The minimum atomic E-state index is -0.201. The lowest BCUT2D eigenvalue weighted by atomic mass is 10.1. The van der Waals surface area contributed by atoms with Crippen LogP contribution in [0.5, 0.6) is 5.75 Å². The summed E-state index contributed by atoms with van der Waals surface area (Å²) in [6.45, 7) is 3.94. The molecule has 2 fully saturated rings. The van der Waals surface area contributed by atoms with Crippen LogP contribution in [0.1, 0.15) is 46.3 Å². The summed E-state index contributed by atoms with van der Waals surface area (Å²) in [4.78, 5) is 20.8. The molecule has 1 aromatic carbocycles. The van der Waals surface area contributed by atoms with Gasteiger partial charge in [-0.2, -0.15) is 5.26 Å². The molecule has 4 rings (SSSR count). The number of benzene rings is 1. The van der Waals surface area contributed by atoms with Gasteiger partial charge in [0.05, 0.1) is 10.0 Å². The van der Waals surface area contributed by atoms with E-state index in [9.17, 15) is 15.2 Å². The normalized spacial score (nSPS) is 17.1. The Balaban J connectivity index is 1.48. The van der Waals surface area contributed by atoms with Crippen molar-refractivity contribution < 1.29 is 14.3 Å². The van der Waals surface area contributed by atoms with Crippen molar-refractivity contribution in [1.82, 2.24) is 9.88 Å². The number of carbonyl (C=O) groups is 1. The Labute approximate surface area is 165 Å². The van der Waals surface area contributed by atoms with Gasteiger partial charge in [-0.3, -0.25) is 4.79 Å². The fraction of sp³-hybridized carbons (Fsp3) is 0.421. The number of hydrogen-bond acceptors (Lipinski definition) is 6. The van der Waals surface area contributed by atoms with E-state index in [1.54, 1.807) is 17.0 Å². The van der Waals surface area contributed by atoms with Crippen LogP contribution in [-0.4, -0.2) is 47.1 Å². The second-order valence-corrected chi connectivity index (χ2v) is 7.87. The third kappa shape index (κ3) is 3.39. The van der Waals surface area contributed by atoms with Crippen molar-refractivity contribution in [3.8, 4) is 11.8 Å². The average molecular weight is 431 g/mol. The first kappa shape index (κ1) is 17.9. The van der Waals surface area contributed by atoms with Crippen molar-refractivity contribution in [2.75, 3.05) is 31.1 Å². The van der Waals surface area contributed by atoms with Gasteiger partial charge in [0.1, 0.15) is 11.8 Å². The fourth-order valence-corrected chi connectivity index (χ4v) is 3.88. The molecule has 7 nitrogen and oxygen atoms in total. The lowest BCUT2D eigenvalue weighted by molar-refractivity contribution is 0.0742. The quantitative estimate of drug-likeness (QED) is 0.803. The number of aromatic hydroxyl groups is 1. The van der Waals surface area contributed by atoms with Gasteiger partial charge in [0.15, 0.2) is 0 Å². The van der Waals surface area contributed by atoms with Crippen LogP contribution in [0.2, 0.25) is 0 Å². The number of piperazine rings is 1. The predicted octanol–water partition coefficient (Wildman–Crippen LogP) is 3.16. The Hall–Kier alpha value is -2.53. The molecule has 1 aliphatic carbocycles. The zero-order valence-electron chi connectivity index (χ0n) is 14.9. The van der Waals surface area contributed by atoms with Crippen LogP contribution >= 0.6 is 15.9 Å². The van der Waals surface area contributed by atoms with Crippen LogP contribution in [0, 0.1) is 18.3 Å². The number of aryl methyl sites for hydroxylation is 1. The second kappa shape index (κ2) is 6.89. The molecule has 2 heterocycles. The number of nitriles is 1. The summed E-state index contributed by atoms with van der Waals surface area (Å²) in [5.74, 6) is 1.26. The maximum Gasteiger partial charge on any atom is 0.257 e. The molecular weight excluding hydrogens is 412 g/mol. The van der Waals surface area contributed by atoms with Crippen molar-refractivity contribution >= 4 is 27.7 Å². The van der Waals surface area contributed by atoms with Gasteiger partial charge in [-0.05, 0) is 53.4 Å². The number of rotatable bonds is 3. The molecule has 2 aliphatic rings. The van der Waals surface area contributed by atoms with E-state index in [-0.39, 0.29) is 11.7 Å². The van der Waals surface area contributed by atoms with E-state index in [4.69, 9.17) is 4.42 Å². The Morgan fingerprint density at radius 2 is 2.04 bits per heavy atom. The number of phenols is 1. The molecule has 8 heteroatoms. The van der Waals surface area contributed by atoms with E-state index < -0.39 is 0 Å². The molecule has 0 unspecified atom stereocenters. The van der Waals surface area contributed by atoms with Gasteiger partial charge in [-0.1, -0.05) is 0 Å². The molecule has 0 atom stereocenters. The maximum atomic E-state index is 12.8. The summed E-state index contributed by atoms with van der Waals surface area (Å²) in [6, 6.07) is 5.58. The van der Waals surface area contributed by atoms with Gasteiger partial charge in [0, 0.05) is 32.1 Å². The summed E-state index contributed by atoms with van der Waals surface area (Å²) in [5.41, 5.74) is 1.51. The van der Waals surface area contributed by atoms with Crippen molar-refractivity contribution in [3.63, 3.8) is 0 Å². The molecule has 0 bridgehead atoms. The first-order chi connectivity index (χ1) is 13.0. The number of oxazole rings is 1. The van der Waals surface area contributed by atoms with Crippen molar-refractivity contribution in [2.45, 2.75) is 25.7 Å². The molecule has 1 saturated carbocycles. The highest BCUT2D eigenvalue weighted by Crippen LogP contribution is 2.41. The molecule has 1 amide bonds.